The van der Waals surface area contributed by atoms with Crippen molar-refractivity contribution in [3.8, 4) is 5.75 Å². The number of anilines is 1. The molecule has 1 aliphatic rings. The quantitative estimate of drug-likeness (QED) is 0.759. The number of aliphatic hydroxyl groups is 1. The zero-order chi connectivity index (χ0) is 16.2. The fourth-order valence-electron chi connectivity index (χ4n) is 3.26. The molecule has 4 N–H and O–H groups in total. The SMILES string of the molecule is Nc1ccc(C(O)CN2CCC(c3ccc(O)cc3)CC2)cc1. The van der Waals surface area contributed by atoms with E-state index in [1.165, 1.54) is 5.56 Å². The van der Waals surface area contributed by atoms with Crippen molar-refractivity contribution in [3.63, 3.8) is 0 Å². The van der Waals surface area contributed by atoms with Crippen molar-refractivity contribution < 1.29 is 10.2 Å². The summed E-state index contributed by atoms with van der Waals surface area (Å²) < 4.78 is 0. The molecule has 0 aromatic heterocycles. The number of piperidine rings is 1. The van der Waals surface area contributed by atoms with Gasteiger partial charge in [-0.25, -0.2) is 0 Å². The van der Waals surface area contributed by atoms with E-state index in [-0.39, 0.29) is 0 Å². The van der Waals surface area contributed by atoms with Crippen molar-refractivity contribution in [1.82, 2.24) is 4.90 Å². The number of nitrogens with two attached hydrogens (primary N) is 1. The van der Waals surface area contributed by atoms with Gasteiger partial charge in [0.25, 0.3) is 0 Å². The number of phenols is 1. The Kier molecular flexibility index (Phi) is 4.84. The Labute approximate surface area is 137 Å². The van der Waals surface area contributed by atoms with Crippen LogP contribution in [-0.4, -0.2) is 34.7 Å². The predicted molar refractivity (Wildman–Crippen MR) is 92.3 cm³/mol. The highest BCUT2D eigenvalue weighted by atomic mass is 16.3. The molecule has 0 saturated carbocycles. The zero-order valence-corrected chi connectivity index (χ0v) is 13.2. The van der Waals surface area contributed by atoms with Crippen LogP contribution in [0.4, 0.5) is 5.69 Å². The summed E-state index contributed by atoms with van der Waals surface area (Å²) in [5.74, 6) is 0.860. The average molecular weight is 312 g/mol. The van der Waals surface area contributed by atoms with Gasteiger partial charge in [-0.15, -0.1) is 0 Å². The Hall–Kier alpha value is -2.04. The molecular formula is C19H24N2O2. The van der Waals surface area contributed by atoms with Gasteiger partial charge in [0.15, 0.2) is 0 Å². The van der Waals surface area contributed by atoms with E-state index in [1.54, 1.807) is 12.1 Å². The standard InChI is InChI=1S/C19H24N2O2/c20-17-5-1-16(2-6-17)19(23)13-21-11-9-15(10-12-21)14-3-7-18(22)8-4-14/h1-8,15,19,22-23H,9-13,20H2. The number of hydrogen-bond acceptors (Lipinski definition) is 4. The summed E-state index contributed by atoms with van der Waals surface area (Å²) in [5.41, 5.74) is 8.61. The monoisotopic (exact) mass is 312 g/mol. The van der Waals surface area contributed by atoms with Crippen LogP contribution in [0, 0.1) is 0 Å². The molecule has 4 heteroatoms. The number of rotatable bonds is 4. The first-order chi connectivity index (χ1) is 11.1. The maximum Gasteiger partial charge on any atom is 0.115 e. The highest BCUT2D eigenvalue weighted by Crippen LogP contribution is 2.29. The maximum absolute atomic E-state index is 10.4. The molecule has 1 aliphatic heterocycles. The van der Waals surface area contributed by atoms with Crippen molar-refractivity contribution in [1.29, 1.82) is 0 Å². The average Bonchev–Trinajstić information content (AvgIpc) is 2.57. The van der Waals surface area contributed by atoms with Crippen LogP contribution in [-0.2, 0) is 0 Å². The molecule has 1 heterocycles. The molecule has 4 nitrogen and oxygen atoms in total. The summed E-state index contributed by atoms with van der Waals surface area (Å²) in [4.78, 5) is 2.32. The maximum atomic E-state index is 10.4. The van der Waals surface area contributed by atoms with Crippen LogP contribution in [0.1, 0.15) is 36.0 Å². The predicted octanol–water partition coefficient (Wildman–Crippen LogP) is 2.89. The Morgan fingerprint density at radius 1 is 1.00 bits per heavy atom. The lowest BCUT2D eigenvalue weighted by atomic mass is 9.89. The number of hydrogen-bond donors (Lipinski definition) is 3. The number of nitrogens with zero attached hydrogens (tertiary/aromatic N) is 1. The fraction of sp³-hybridized carbons (Fsp3) is 0.368. The first-order valence-electron chi connectivity index (χ1n) is 8.16. The van der Waals surface area contributed by atoms with Gasteiger partial charge in [0, 0.05) is 12.2 Å². The van der Waals surface area contributed by atoms with E-state index in [9.17, 15) is 10.2 Å². The van der Waals surface area contributed by atoms with Gasteiger partial charge in [-0.1, -0.05) is 24.3 Å². The van der Waals surface area contributed by atoms with E-state index in [2.05, 4.69) is 4.90 Å². The molecule has 0 aliphatic carbocycles. The molecule has 1 saturated heterocycles. The summed E-state index contributed by atoms with van der Waals surface area (Å²) in [6.45, 7) is 2.63. The molecule has 23 heavy (non-hydrogen) atoms. The van der Waals surface area contributed by atoms with Gasteiger partial charge < -0.3 is 20.8 Å². The van der Waals surface area contributed by atoms with Crippen molar-refractivity contribution in [2.24, 2.45) is 0 Å². The van der Waals surface area contributed by atoms with Crippen LogP contribution in [0.15, 0.2) is 48.5 Å². The third kappa shape index (κ3) is 4.03. The van der Waals surface area contributed by atoms with Crippen LogP contribution in [0.25, 0.3) is 0 Å². The van der Waals surface area contributed by atoms with E-state index in [4.69, 9.17) is 5.73 Å². The summed E-state index contributed by atoms with van der Waals surface area (Å²) in [6.07, 6.45) is 1.69. The smallest absolute Gasteiger partial charge is 0.115 e. The topological polar surface area (TPSA) is 69.7 Å². The number of benzene rings is 2. The summed E-state index contributed by atoms with van der Waals surface area (Å²) in [5, 5.41) is 19.7. The highest BCUT2D eigenvalue weighted by Gasteiger charge is 2.22. The lowest BCUT2D eigenvalue weighted by molar-refractivity contribution is 0.0973. The second-order valence-corrected chi connectivity index (χ2v) is 6.35. The van der Waals surface area contributed by atoms with Gasteiger partial charge in [0.05, 0.1) is 6.10 Å². The summed E-state index contributed by atoms with van der Waals surface area (Å²) in [7, 11) is 0. The zero-order valence-electron chi connectivity index (χ0n) is 13.2. The first kappa shape index (κ1) is 15.8. The van der Waals surface area contributed by atoms with Gasteiger partial charge in [0.2, 0.25) is 0 Å². The third-order valence-electron chi connectivity index (χ3n) is 4.70. The summed E-state index contributed by atoms with van der Waals surface area (Å²) in [6, 6.07) is 15.0. The molecule has 1 atom stereocenters. The molecule has 1 unspecified atom stereocenters. The summed E-state index contributed by atoms with van der Waals surface area (Å²) >= 11 is 0. The van der Waals surface area contributed by atoms with Gasteiger partial charge in [-0.3, -0.25) is 0 Å². The molecule has 0 spiro atoms. The second-order valence-electron chi connectivity index (χ2n) is 6.35. The van der Waals surface area contributed by atoms with Gasteiger partial charge >= 0.3 is 0 Å². The molecule has 2 aromatic rings. The van der Waals surface area contributed by atoms with E-state index >= 15 is 0 Å². The minimum atomic E-state index is -0.471. The van der Waals surface area contributed by atoms with Gasteiger partial charge in [-0.2, -0.15) is 0 Å². The van der Waals surface area contributed by atoms with Crippen LogP contribution < -0.4 is 5.73 Å². The lowest BCUT2D eigenvalue weighted by Gasteiger charge is -2.33. The molecule has 1 fully saturated rings. The van der Waals surface area contributed by atoms with Crippen LogP contribution in [0.3, 0.4) is 0 Å². The van der Waals surface area contributed by atoms with Gasteiger partial charge in [-0.05, 0) is 67.2 Å². The molecule has 2 aromatic carbocycles. The minimum absolute atomic E-state index is 0.317. The number of aromatic hydroxyl groups is 1. The Bertz CT molecular complexity index is 617. The molecular weight excluding hydrogens is 288 g/mol. The van der Waals surface area contributed by atoms with Crippen molar-refractivity contribution in [2.45, 2.75) is 24.9 Å². The number of β-amino-alcohol motifs (C(OH)–C–C–N with tert-alkyl or cyclic N) is 1. The fourth-order valence-corrected chi connectivity index (χ4v) is 3.26. The number of likely N-dealkylation sites (tertiary alicyclic amines) is 1. The second kappa shape index (κ2) is 7.02. The van der Waals surface area contributed by atoms with E-state index in [1.807, 2.05) is 36.4 Å². The molecule has 0 radical (unpaired) electrons. The largest absolute Gasteiger partial charge is 0.508 e. The Morgan fingerprint density at radius 2 is 1.61 bits per heavy atom. The number of aliphatic hydroxyl groups excluding tert-OH is 1. The molecule has 122 valence electrons. The normalized spacial score (nSPS) is 18.0. The van der Waals surface area contributed by atoms with E-state index < -0.39 is 6.10 Å². The van der Waals surface area contributed by atoms with Crippen LogP contribution in [0.2, 0.25) is 0 Å². The molecule has 0 bridgehead atoms. The third-order valence-corrected chi connectivity index (χ3v) is 4.70. The number of nitrogen functional groups attached to an aromatic ring is 1. The van der Waals surface area contributed by atoms with E-state index in [0.717, 1.165) is 37.2 Å². The van der Waals surface area contributed by atoms with E-state index in [0.29, 0.717) is 18.2 Å². The molecule has 0 amide bonds. The Balaban J connectivity index is 1.52. The Morgan fingerprint density at radius 3 is 2.22 bits per heavy atom. The minimum Gasteiger partial charge on any atom is -0.508 e. The van der Waals surface area contributed by atoms with Crippen molar-refractivity contribution in [3.05, 3.63) is 59.7 Å². The highest BCUT2D eigenvalue weighted by molar-refractivity contribution is 5.39. The van der Waals surface area contributed by atoms with Crippen LogP contribution >= 0.6 is 0 Å². The van der Waals surface area contributed by atoms with Crippen LogP contribution in [0.5, 0.6) is 5.75 Å². The number of phenolic OH excluding ortho intramolecular Hbond substituents is 1. The van der Waals surface area contributed by atoms with Gasteiger partial charge in [0.1, 0.15) is 5.75 Å². The first-order valence-corrected chi connectivity index (χ1v) is 8.16. The van der Waals surface area contributed by atoms with Crippen molar-refractivity contribution in [2.75, 3.05) is 25.4 Å². The lowest BCUT2D eigenvalue weighted by Crippen LogP contribution is -2.36. The molecule has 3 rings (SSSR count). The van der Waals surface area contributed by atoms with Crippen molar-refractivity contribution >= 4 is 5.69 Å².